The highest BCUT2D eigenvalue weighted by Gasteiger charge is 2.20. The molecule has 0 aliphatic heterocycles. The summed E-state index contributed by atoms with van der Waals surface area (Å²) in [6.07, 6.45) is 4.78. The van der Waals surface area contributed by atoms with Crippen LogP contribution in [0.15, 0.2) is 12.2 Å². The minimum Gasteiger partial charge on any atom is -0.355 e. The van der Waals surface area contributed by atoms with Gasteiger partial charge in [0, 0.05) is 6.54 Å². The fourth-order valence-electron chi connectivity index (χ4n) is 1.59. The summed E-state index contributed by atoms with van der Waals surface area (Å²) in [5.74, 6) is 0.852. The van der Waals surface area contributed by atoms with Crippen LogP contribution in [0, 0.1) is 11.8 Å². The van der Waals surface area contributed by atoms with Gasteiger partial charge in [-0.2, -0.15) is 0 Å². The van der Waals surface area contributed by atoms with Crippen LogP contribution >= 0.6 is 0 Å². The average Bonchev–Trinajstić information content (AvgIpc) is 2.12. The van der Waals surface area contributed by atoms with Crippen molar-refractivity contribution in [1.82, 2.24) is 5.32 Å². The van der Waals surface area contributed by atoms with Crippen molar-refractivity contribution in [1.29, 1.82) is 0 Å². The van der Waals surface area contributed by atoms with E-state index < -0.39 is 0 Å². The van der Waals surface area contributed by atoms with Gasteiger partial charge in [0.25, 0.3) is 0 Å². The van der Waals surface area contributed by atoms with E-state index >= 15 is 0 Å². The molecule has 1 aliphatic carbocycles. The van der Waals surface area contributed by atoms with Crippen LogP contribution in [0.25, 0.3) is 0 Å². The molecule has 2 heteroatoms. The lowest BCUT2D eigenvalue weighted by Crippen LogP contribution is -2.35. The summed E-state index contributed by atoms with van der Waals surface area (Å²) < 4.78 is 0. The number of nitrogens with one attached hydrogen (secondary N) is 1. The summed E-state index contributed by atoms with van der Waals surface area (Å²) in [7, 11) is 0. The third kappa shape index (κ3) is 2.86. The summed E-state index contributed by atoms with van der Waals surface area (Å²) in [6.45, 7) is 8.73. The van der Waals surface area contributed by atoms with Gasteiger partial charge in [0.1, 0.15) is 0 Å². The zero-order valence-corrected chi connectivity index (χ0v) is 9.31. The van der Waals surface area contributed by atoms with Crippen molar-refractivity contribution in [3.8, 4) is 0 Å². The molecule has 0 aromatic carbocycles. The third-order valence-corrected chi connectivity index (χ3v) is 3.25. The topological polar surface area (TPSA) is 29.1 Å². The molecule has 1 N–H and O–H groups in total. The van der Waals surface area contributed by atoms with Gasteiger partial charge in [0.05, 0.1) is 5.92 Å². The van der Waals surface area contributed by atoms with Gasteiger partial charge in [-0.1, -0.05) is 25.5 Å². The predicted octanol–water partition coefficient (Wildman–Crippen LogP) is 2.51. The average molecular weight is 195 g/mol. The monoisotopic (exact) mass is 195 g/mol. The minimum absolute atomic E-state index is 0.0277. The van der Waals surface area contributed by atoms with Crippen LogP contribution in [-0.4, -0.2) is 12.5 Å². The fraction of sp³-hybridized carbons (Fsp3) is 0.750. The van der Waals surface area contributed by atoms with Crippen molar-refractivity contribution < 1.29 is 4.79 Å². The minimum atomic E-state index is -0.0277. The Morgan fingerprint density at radius 2 is 2.21 bits per heavy atom. The molecule has 0 aromatic rings. The summed E-state index contributed by atoms with van der Waals surface area (Å²) in [4.78, 5) is 11.6. The third-order valence-electron chi connectivity index (χ3n) is 3.25. The molecule has 2 nitrogen and oxygen atoms in total. The van der Waals surface area contributed by atoms with Crippen LogP contribution in [0.2, 0.25) is 0 Å². The number of hydrogen-bond acceptors (Lipinski definition) is 1. The Labute approximate surface area is 86.8 Å². The molecule has 1 rings (SSSR count). The van der Waals surface area contributed by atoms with Crippen LogP contribution < -0.4 is 5.32 Å². The van der Waals surface area contributed by atoms with E-state index in [2.05, 4.69) is 11.9 Å². The Kier molecular flexibility index (Phi) is 4.18. The molecule has 0 aromatic heterocycles. The second kappa shape index (κ2) is 5.18. The molecule has 1 atom stereocenters. The molecular weight excluding hydrogens is 174 g/mol. The van der Waals surface area contributed by atoms with Gasteiger partial charge in [-0.15, -0.1) is 0 Å². The van der Waals surface area contributed by atoms with Crippen LogP contribution in [0.5, 0.6) is 0 Å². The molecule has 0 heterocycles. The fourth-order valence-corrected chi connectivity index (χ4v) is 1.59. The molecule has 1 fully saturated rings. The summed E-state index contributed by atoms with van der Waals surface area (Å²) >= 11 is 0. The van der Waals surface area contributed by atoms with Crippen molar-refractivity contribution in [2.24, 2.45) is 11.8 Å². The maximum Gasteiger partial charge on any atom is 0.226 e. The highest BCUT2D eigenvalue weighted by atomic mass is 16.1. The van der Waals surface area contributed by atoms with Crippen molar-refractivity contribution in [2.45, 2.75) is 39.5 Å². The zero-order chi connectivity index (χ0) is 10.6. The van der Waals surface area contributed by atoms with Crippen LogP contribution in [0.4, 0.5) is 0 Å². The smallest absolute Gasteiger partial charge is 0.226 e. The molecule has 1 amide bonds. The molecule has 1 saturated carbocycles. The Morgan fingerprint density at radius 1 is 1.57 bits per heavy atom. The first-order chi connectivity index (χ1) is 6.65. The lowest BCUT2D eigenvalue weighted by molar-refractivity contribution is -0.123. The number of hydrogen-bond donors (Lipinski definition) is 1. The summed E-state index contributed by atoms with van der Waals surface area (Å²) in [5.41, 5.74) is 1.02. The summed E-state index contributed by atoms with van der Waals surface area (Å²) in [5, 5.41) is 3.00. The highest BCUT2D eigenvalue weighted by molar-refractivity contribution is 5.80. The van der Waals surface area contributed by atoms with Gasteiger partial charge in [-0.25, -0.2) is 0 Å². The van der Waals surface area contributed by atoms with E-state index in [1.807, 2.05) is 13.8 Å². The van der Waals surface area contributed by atoms with Gasteiger partial charge >= 0.3 is 0 Å². The second-order valence-corrected chi connectivity index (χ2v) is 4.28. The molecular formula is C12H21NO. The standard InChI is InChI=1S/C12H21NO/c1-4-9(2)10(3)12(14)13-8-11-6-5-7-11/h10-11H,2,4-8H2,1,3H3,(H,13,14). The molecule has 0 bridgehead atoms. The van der Waals surface area contributed by atoms with E-state index in [4.69, 9.17) is 0 Å². The molecule has 0 radical (unpaired) electrons. The quantitative estimate of drug-likeness (QED) is 0.671. The van der Waals surface area contributed by atoms with E-state index in [0.717, 1.165) is 24.5 Å². The summed E-state index contributed by atoms with van der Waals surface area (Å²) in [6, 6.07) is 0. The Balaban J connectivity index is 2.22. The van der Waals surface area contributed by atoms with Crippen LogP contribution in [0.1, 0.15) is 39.5 Å². The van der Waals surface area contributed by atoms with Crippen molar-refractivity contribution in [3.05, 3.63) is 12.2 Å². The highest BCUT2D eigenvalue weighted by Crippen LogP contribution is 2.25. The second-order valence-electron chi connectivity index (χ2n) is 4.28. The van der Waals surface area contributed by atoms with E-state index in [0.29, 0.717) is 0 Å². The lowest BCUT2D eigenvalue weighted by Gasteiger charge is -2.26. The van der Waals surface area contributed by atoms with E-state index in [9.17, 15) is 4.79 Å². The lowest BCUT2D eigenvalue weighted by atomic mass is 9.85. The Hall–Kier alpha value is -0.790. The van der Waals surface area contributed by atoms with Gasteiger partial charge in [-0.3, -0.25) is 4.79 Å². The van der Waals surface area contributed by atoms with Gasteiger partial charge in [0.15, 0.2) is 0 Å². The number of rotatable bonds is 5. The molecule has 0 saturated heterocycles. The molecule has 1 unspecified atom stereocenters. The Morgan fingerprint density at radius 3 is 2.64 bits per heavy atom. The van der Waals surface area contributed by atoms with E-state index in [-0.39, 0.29) is 11.8 Å². The van der Waals surface area contributed by atoms with Crippen molar-refractivity contribution in [3.63, 3.8) is 0 Å². The van der Waals surface area contributed by atoms with E-state index in [1.165, 1.54) is 19.3 Å². The molecule has 0 spiro atoms. The van der Waals surface area contributed by atoms with Crippen LogP contribution in [0.3, 0.4) is 0 Å². The number of carbonyl (C=O) groups excluding carboxylic acids is 1. The molecule has 80 valence electrons. The molecule has 14 heavy (non-hydrogen) atoms. The maximum atomic E-state index is 11.6. The van der Waals surface area contributed by atoms with Crippen LogP contribution in [-0.2, 0) is 4.79 Å². The first-order valence-corrected chi connectivity index (χ1v) is 5.60. The van der Waals surface area contributed by atoms with E-state index in [1.54, 1.807) is 0 Å². The first kappa shape index (κ1) is 11.3. The largest absolute Gasteiger partial charge is 0.355 e. The van der Waals surface area contributed by atoms with Gasteiger partial charge in [0.2, 0.25) is 5.91 Å². The zero-order valence-electron chi connectivity index (χ0n) is 9.31. The SMILES string of the molecule is C=C(CC)C(C)C(=O)NCC1CCC1. The number of amides is 1. The van der Waals surface area contributed by atoms with Gasteiger partial charge < -0.3 is 5.32 Å². The van der Waals surface area contributed by atoms with Crippen molar-refractivity contribution in [2.75, 3.05) is 6.54 Å². The van der Waals surface area contributed by atoms with Gasteiger partial charge in [-0.05, 0) is 32.1 Å². The number of carbonyl (C=O) groups is 1. The van der Waals surface area contributed by atoms with Crippen molar-refractivity contribution >= 4 is 5.91 Å². The molecule has 1 aliphatic rings. The predicted molar refractivity (Wildman–Crippen MR) is 58.9 cm³/mol. The maximum absolute atomic E-state index is 11.6. The Bertz CT molecular complexity index is 218. The first-order valence-electron chi connectivity index (χ1n) is 5.60. The normalized spacial score (nSPS) is 18.4.